The van der Waals surface area contributed by atoms with Crippen molar-refractivity contribution in [1.82, 2.24) is 0 Å². The van der Waals surface area contributed by atoms with Gasteiger partial charge in [-0.2, -0.15) is 0 Å². The van der Waals surface area contributed by atoms with E-state index in [0.717, 1.165) is 22.3 Å². The largest absolute Gasteiger partial charge is 0.384 e. The van der Waals surface area contributed by atoms with Gasteiger partial charge in [-0.05, 0) is 42.5 Å². The second kappa shape index (κ2) is 9.62. The van der Waals surface area contributed by atoms with E-state index in [2.05, 4.69) is 18.2 Å². The van der Waals surface area contributed by atoms with Gasteiger partial charge < -0.3 is 4.74 Å². The van der Waals surface area contributed by atoms with Gasteiger partial charge in [0.1, 0.15) is 0 Å². The number of ketones is 2. The number of benzene rings is 2. The molecule has 1 aliphatic carbocycles. The highest BCUT2D eigenvalue weighted by atomic mass is 16.5. The number of methoxy groups -OCH3 is 1. The van der Waals surface area contributed by atoms with Gasteiger partial charge in [0, 0.05) is 31.4 Å². The third kappa shape index (κ3) is 5.18. The number of hydrogen-bond donors (Lipinski definition) is 0. The van der Waals surface area contributed by atoms with E-state index in [1.165, 1.54) is 5.56 Å². The number of carbonyl (C=O) groups is 2. The van der Waals surface area contributed by atoms with Crippen molar-refractivity contribution in [2.45, 2.75) is 39.0 Å². The van der Waals surface area contributed by atoms with Crippen LogP contribution in [0.5, 0.6) is 0 Å². The van der Waals surface area contributed by atoms with Crippen LogP contribution in [-0.4, -0.2) is 25.3 Å². The maximum atomic E-state index is 12.7. The van der Waals surface area contributed by atoms with E-state index < -0.39 is 0 Å². The molecule has 2 aromatic rings. The molecule has 0 N–H and O–H groups in total. The highest BCUT2D eigenvalue weighted by Crippen LogP contribution is 2.27. The summed E-state index contributed by atoms with van der Waals surface area (Å²) in [6.07, 6.45) is 3.38. The first-order valence-corrected chi connectivity index (χ1v) is 10.1. The third-order valence-corrected chi connectivity index (χ3v) is 5.49. The summed E-state index contributed by atoms with van der Waals surface area (Å²) in [5.41, 5.74) is 5.87. The van der Waals surface area contributed by atoms with Gasteiger partial charge in [-0.3, -0.25) is 9.59 Å². The van der Waals surface area contributed by atoms with E-state index in [-0.39, 0.29) is 17.5 Å². The zero-order valence-corrected chi connectivity index (χ0v) is 17.4. The van der Waals surface area contributed by atoms with Crippen molar-refractivity contribution in [2.24, 2.45) is 0 Å². The van der Waals surface area contributed by atoms with Crippen LogP contribution in [0.1, 0.15) is 60.5 Å². The Morgan fingerprint density at radius 2 is 1.66 bits per heavy atom. The Hall–Kier alpha value is -2.78. The molecule has 0 aromatic heterocycles. The fraction of sp³-hybridized carbons (Fsp3) is 0.308. The summed E-state index contributed by atoms with van der Waals surface area (Å²) in [5, 5.41) is 0. The molecule has 150 valence electrons. The molecule has 0 radical (unpaired) electrons. The summed E-state index contributed by atoms with van der Waals surface area (Å²) in [7, 11) is 1.70. The Labute approximate surface area is 173 Å². The van der Waals surface area contributed by atoms with Crippen LogP contribution in [0, 0.1) is 0 Å². The van der Waals surface area contributed by atoms with Crippen LogP contribution < -0.4 is 0 Å². The second-order valence-electron chi connectivity index (χ2n) is 7.72. The van der Waals surface area contributed by atoms with Gasteiger partial charge in [-0.15, -0.1) is 0 Å². The van der Waals surface area contributed by atoms with Gasteiger partial charge in [0.2, 0.25) is 0 Å². The predicted molar refractivity (Wildman–Crippen MR) is 116 cm³/mol. The molecule has 1 atom stereocenters. The number of rotatable bonds is 8. The molecular weight excluding hydrogens is 360 g/mol. The van der Waals surface area contributed by atoms with Gasteiger partial charge in [0.05, 0.1) is 6.61 Å². The minimum atomic E-state index is 0.0685. The van der Waals surface area contributed by atoms with E-state index >= 15 is 0 Å². The lowest BCUT2D eigenvalue weighted by Gasteiger charge is -2.17. The third-order valence-electron chi connectivity index (χ3n) is 5.49. The summed E-state index contributed by atoms with van der Waals surface area (Å²) in [6.45, 7) is 4.51. The van der Waals surface area contributed by atoms with E-state index in [1.54, 1.807) is 7.11 Å². The maximum absolute atomic E-state index is 12.7. The molecule has 0 saturated heterocycles. The average molecular weight is 389 g/mol. The Morgan fingerprint density at radius 1 is 1.00 bits per heavy atom. The lowest BCUT2D eigenvalue weighted by atomic mass is 9.88. The molecule has 0 spiro atoms. The van der Waals surface area contributed by atoms with Crippen LogP contribution in [0.4, 0.5) is 0 Å². The smallest absolute Gasteiger partial charge is 0.163 e. The Kier molecular flexibility index (Phi) is 6.95. The minimum Gasteiger partial charge on any atom is -0.384 e. The van der Waals surface area contributed by atoms with E-state index in [4.69, 9.17) is 4.74 Å². The van der Waals surface area contributed by atoms with E-state index in [1.807, 2.05) is 56.3 Å². The Morgan fingerprint density at radius 3 is 2.28 bits per heavy atom. The van der Waals surface area contributed by atoms with Crippen LogP contribution in [0.3, 0.4) is 0 Å². The second-order valence-corrected chi connectivity index (χ2v) is 7.72. The number of Topliss-reactive ketones (excluding diaryl/α,β-unsaturated/α-hetero) is 2. The van der Waals surface area contributed by atoms with Crippen LogP contribution in [0.25, 0.3) is 0 Å². The molecule has 0 fully saturated rings. The first-order valence-electron chi connectivity index (χ1n) is 10.1. The monoisotopic (exact) mass is 388 g/mol. The molecule has 3 rings (SSSR count). The van der Waals surface area contributed by atoms with E-state index in [9.17, 15) is 9.59 Å². The van der Waals surface area contributed by atoms with Crippen LogP contribution in [-0.2, 0) is 9.53 Å². The molecule has 3 nitrogen and oxygen atoms in total. The standard InChI is InChI=1S/C26H28O3/c1-18-15-19(2)23(26(28)16-18)13-14-25(27)22-11-9-21(10-12-22)24(17-29-3)20-7-5-4-6-8-20/h4-12,15,24H,13-14,16-17H2,1-3H3. The lowest BCUT2D eigenvalue weighted by Crippen LogP contribution is -2.12. The Balaban J connectivity index is 1.70. The SMILES string of the molecule is COCC(c1ccccc1)c1ccc(C(=O)CCC2=C(C)C=C(C)CC2=O)cc1. The summed E-state index contributed by atoms with van der Waals surface area (Å²) in [5.74, 6) is 0.350. The Bertz CT molecular complexity index is 934. The molecule has 0 saturated carbocycles. The molecule has 0 aliphatic heterocycles. The molecule has 1 aliphatic rings. The number of hydrogen-bond acceptors (Lipinski definition) is 3. The fourth-order valence-electron chi connectivity index (χ4n) is 3.95. The van der Waals surface area contributed by atoms with Gasteiger partial charge in [0.15, 0.2) is 11.6 Å². The van der Waals surface area contributed by atoms with Crippen LogP contribution in [0.15, 0.2) is 77.4 Å². The molecule has 0 bridgehead atoms. The first kappa shape index (κ1) is 20.9. The zero-order valence-electron chi connectivity index (χ0n) is 17.4. The number of allylic oxidation sites excluding steroid dienone is 4. The molecule has 2 aromatic carbocycles. The van der Waals surface area contributed by atoms with Crippen molar-refractivity contribution in [3.8, 4) is 0 Å². The van der Waals surface area contributed by atoms with Crippen molar-refractivity contribution in [3.63, 3.8) is 0 Å². The van der Waals surface area contributed by atoms with Crippen molar-refractivity contribution < 1.29 is 14.3 Å². The molecule has 0 amide bonds. The summed E-state index contributed by atoms with van der Waals surface area (Å²) < 4.78 is 5.42. The molecule has 29 heavy (non-hydrogen) atoms. The van der Waals surface area contributed by atoms with Gasteiger partial charge in [0.25, 0.3) is 0 Å². The zero-order chi connectivity index (χ0) is 20.8. The minimum absolute atomic E-state index is 0.0685. The lowest BCUT2D eigenvalue weighted by molar-refractivity contribution is -0.115. The van der Waals surface area contributed by atoms with Crippen LogP contribution in [0.2, 0.25) is 0 Å². The van der Waals surface area contributed by atoms with Gasteiger partial charge in [-0.1, -0.05) is 66.2 Å². The quantitative estimate of drug-likeness (QED) is 0.548. The van der Waals surface area contributed by atoms with E-state index in [0.29, 0.717) is 31.4 Å². The highest BCUT2D eigenvalue weighted by Gasteiger charge is 2.19. The average Bonchev–Trinajstić information content (AvgIpc) is 2.72. The van der Waals surface area contributed by atoms with Crippen molar-refractivity contribution in [3.05, 3.63) is 94.1 Å². The molecule has 3 heteroatoms. The number of carbonyl (C=O) groups excluding carboxylic acids is 2. The summed E-state index contributed by atoms with van der Waals surface area (Å²) in [6, 6.07) is 18.0. The summed E-state index contributed by atoms with van der Waals surface area (Å²) in [4.78, 5) is 24.9. The number of ether oxygens (including phenoxy) is 1. The van der Waals surface area contributed by atoms with Crippen molar-refractivity contribution in [1.29, 1.82) is 0 Å². The molecule has 0 heterocycles. The maximum Gasteiger partial charge on any atom is 0.163 e. The normalized spacial score (nSPS) is 15.3. The molecular formula is C26H28O3. The topological polar surface area (TPSA) is 43.4 Å². The first-order chi connectivity index (χ1) is 14.0. The van der Waals surface area contributed by atoms with Gasteiger partial charge in [-0.25, -0.2) is 0 Å². The highest BCUT2D eigenvalue weighted by molar-refractivity contribution is 6.01. The summed E-state index contributed by atoms with van der Waals surface area (Å²) >= 11 is 0. The fourth-order valence-corrected chi connectivity index (χ4v) is 3.95. The van der Waals surface area contributed by atoms with Gasteiger partial charge >= 0.3 is 0 Å². The van der Waals surface area contributed by atoms with Crippen LogP contribution >= 0.6 is 0 Å². The van der Waals surface area contributed by atoms with Crippen molar-refractivity contribution in [2.75, 3.05) is 13.7 Å². The van der Waals surface area contributed by atoms with Crippen molar-refractivity contribution >= 4 is 11.6 Å². The predicted octanol–water partition coefficient (Wildman–Crippen LogP) is 5.66. The molecule has 1 unspecified atom stereocenters.